The first-order chi connectivity index (χ1) is 21.2. The maximum atomic E-state index is 14.0. The molecule has 12 heteroatoms. The molecule has 0 bridgehead atoms. The fourth-order valence-electron chi connectivity index (χ4n) is 6.08. The van der Waals surface area contributed by atoms with Crippen molar-refractivity contribution in [2.24, 2.45) is 0 Å². The summed E-state index contributed by atoms with van der Waals surface area (Å²) in [5.74, 6) is -1.30. The van der Waals surface area contributed by atoms with Crippen molar-refractivity contribution in [3.05, 3.63) is 77.6 Å². The van der Waals surface area contributed by atoms with Crippen molar-refractivity contribution in [3.63, 3.8) is 0 Å². The lowest BCUT2D eigenvalue weighted by Gasteiger charge is -2.39. The number of amides is 1. The van der Waals surface area contributed by atoms with Crippen LogP contribution in [-0.2, 0) is 4.79 Å². The van der Waals surface area contributed by atoms with Gasteiger partial charge in [-0.05, 0) is 37.2 Å². The van der Waals surface area contributed by atoms with Crippen molar-refractivity contribution in [2.45, 2.75) is 24.7 Å². The fraction of sp³-hybridized carbons (Fsp3) is 0.344. The predicted octanol–water partition coefficient (Wildman–Crippen LogP) is 5.34. The molecule has 2 fully saturated rings. The van der Waals surface area contributed by atoms with E-state index in [-0.39, 0.29) is 38.3 Å². The minimum atomic E-state index is -1.06. The van der Waals surface area contributed by atoms with Gasteiger partial charge in [0, 0.05) is 71.4 Å². The number of hydrogen-bond acceptors (Lipinski definition) is 7. The molecule has 0 unspecified atom stereocenters. The Morgan fingerprint density at radius 1 is 1.18 bits per heavy atom. The lowest BCUT2D eigenvalue weighted by molar-refractivity contribution is -0.131. The molecular weight excluding hydrogens is 588 g/mol. The summed E-state index contributed by atoms with van der Waals surface area (Å²) in [5.41, 5.74) is 2.29. The number of rotatable bonds is 7. The number of likely N-dealkylation sites (tertiary alicyclic amines) is 1. The summed E-state index contributed by atoms with van der Waals surface area (Å²) in [7, 11) is 1.86. The highest BCUT2D eigenvalue weighted by atomic mass is 35.5. The molecule has 0 saturated carbocycles. The van der Waals surface area contributed by atoms with Crippen molar-refractivity contribution in [1.82, 2.24) is 24.8 Å². The number of fused-ring (bicyclic) bond motifs is 2. The van der Waals surface area contributed by atoms with E-state index in [4.69, 9.17) is 32.9 Å². The van der Waals surface area contributed by atoms with Gasteiger partial charge in [-0.1, -0.05) is 36.4 Å². The predicted molar refractivity (Wildman–Crippen MR) is 166 cm³/mol. The van der Waals surface area contributed by atoms with Gasteiger partial charge in [-0.2, -0.15) is 9.97 Å². The average Bonchev–Trinajstić information content (AvgIpc) is 3.35. The van der Waals surface area contributed by atoms with E-state index in [1.807, 2.05) is 53.2 Å². The Hall–Kier alpha value is -4.40. The normalized spacial score (nSPS) is 20.7. The van der Waals surface area contributed by atoms with Gasteiger partial charge < -0.3 is 19.4 Å². The number of ether oxygens (including phenoxy) is 1. The number of alkyl halides is 1. The molecule has 0 spiro atoms. The SMILES string of the molecule is [C-]#[N+]C[C@H]1CN(c2nc(OC[C@@H]3C[C@@H](F)CN3C)nc3cc(-c4cncc5cccc(Cl)c45)ccc23)CCN1C(=O)C(=C)F. The van der Waals surface area contributed by atoms with E-state index in [9.17, 15) is 13.6 Å². The molecule has 226 valence electrons. The second-order valence-electron chi connectivity index (χ2n) is 11.2. The zero-order valence-electron chi connectivity index (χ0n) is 24.1. The third-order valence-corrected chi connectivity index (χ3v) is 8.63. The smallest absolute Gasteiger partial charge is 0.319 e. The van der Waals surface area contributed by atoms with Crippen LogP contribution < -0.4 is 9.64 Å². The number of benzene rings is 2. The van der Waals surface area contributed by atoms with Gasteiger partial charge in [-0.15, -0.1) is 0 Å². The number of hydrogen-bond donors (Lipinski definition) is 0. The van der Waals surface area contributed by atoms with Crippen LogP contribution in [0.25, 0.3) is 37.6 Å². The van der Waals surface area contributed by atoms with Crippen LogP contribution in [0.15, 0.2) is 61.2 Å². The van der Waals surface area contributed by atoms with Crippen LogP contribution in [0.4, 0.5) is 14.6 Å². The Morgan fingerprint density at radius 2 is 2.02 bits per heavy atom. The minimum absolute atomic E-state index is 0.000700. The first-order valence-electron chi connectivity index (χ1n) is 14.3. The third-order valence-electron chi connectivity index (χ3n) is 8.32. The van der Waals surface area contributed by atoms with Crippen molar-refractivity contribution in [2.75, 3.05) is 51.3 Å². The topological polar surface area (TPSA) is 79.1 Å². The van der Waals surface area contributed by atoms with Crippen molar-refractivity contribution in [3.8, 4) is 17.1 Å². The molecule has 2 aromatic carbocycles. The lowest BCUT2D eigenvalue weighted by atomic mass is 9.99. The number of nitrogens with zero attached hydrogens (tertiary/aromatic N) is 7. The van der Waals surface area contributed by atoms with Crippen LogP contribution in [-0.4, -0.2) is 95.3 Å². The number of aromatic nitrogens is 3. The number of piperazine rings is 1. The van der Waals surface area contributed by atoms with Crippen LogP contribution >= 0.6 is 11.6 Å². The van der Waals surface area contributed by atoms with Gasteiger partial charge in [-0.3, -0.25) is 14.7 Å². The van der Waals surface area contributed by atoms with E-state index < -0.39 is 23.9 Å². The zero-order valence-corrected chi connectivity index (χ0v) is 24.8. The quantitative estimate of drug-likeness (QED) is 0.205. The summed E-state index contributed by atoms with van der Waals surface area (Å²) < 4.78 is 33.9. The molecule has 4 aromatic rings. The molecule has 0 radical (unpaired) electrons. The number of anilines is 1. The maximum absolute atomic E-state index is 14.0. The standard InChI is InChI=1S/C32H30ClF2N7O2/c1-19(34)31(43)42-10-9-41(17-24(42)14-36-2)30-25-8-7-20(26-15-37-13-21-5-4-6-27(33)29(21)26)11-28(25)38-32(39-30)44-18-23-12-22(35)16-40(23)3/h4-8,11,13,15,22-24H,1,9-10,12,14,16-18H2,3H3/t22-,23+,24+/m1/s1. The van der Waals surface area contributed by atoms with Crippen LogP contribution in [0.3, 0.4) is 0 Å². The molecule has 0 aliphatic carbocycles. The van der Waals surface area contributed by atoms with Crippen molar-refractivity contribution >= 4 is 45.0 Å². The summed E-state index contributed by atoms with van der Waals surface area (Å²) in [6.07, 6.45) is 2.98. The molecule has 2 aliphatic heterocycles. The Morgan fingerprint density at radius 3 is 2.77 bits per heavy atom. The molecule has 44 heavy (non-hydrogen) atoms. The Bertz CT molecular complexity index is 1790. The number of carbonyl (C=O) groups excluding carboxylic acids is 1. The van der Waals surface area contributed by atoms with Gasteiger partial charge in [0.05, 0.1) is 5.52 Å². The monoisotopic (exact) mass is 617 g/mol. The second-order valence-corrected chi connectivity index (χ2v) is 11.6. The number of pyridine rings is 1. The summed E-state index contributed by atoms with van der Waals surface area (Å²) in [6, 6.07) is 10.9. The van der Waals surface area contributed by atoms with Gasteiger partial charge in [0.2, 0.25) is 6.54 Å². The largest absolute Gasteiger partial charge is 0.462 e. The first kappa shape index (κ1) is 29.7. The number of halogens is 3. The summed E-state index contributed by atoms with van der Waals surface area (Å²) in [6.45, 7) is 11.9. The van der Waals surface area contributed by atoms with Gasteiger partial charge in [0.25, 0.3) is 5.91 Å². The molecule has 0 N–H and O–H groups in total. The molecular formula is C32H30ClF2N7O2. The molecule has 4 heterocycles. The zero-order chi connectivity index (χ0) is 31.0. The molecule has 2 saturated heterocycles. The third kappa shape index (κ3) is 5.75. The van der Waals surface area contributed by atoms with Crippen LogP contribution in [0, 0.1) is 6.57 Å². The summed E-state index contributed by atoms with van der Waals surface area (Å²) in [5, 5.41) is 3.12. The summed E-state index contributed by atoms with van der Waals surface area (Å²) in [4.78, 5) is 35.2. The number of carbonyl (C=O) groups is 1. The molecule has 9 nitrogen and oxygen atoms in total. The highest BCUT2D eigenvalue weighted by molar-refractivity contribution is 6.36. The Kier molecular flexibility index (Phi) is 8.29. The molecule has 6 rings (SSSR count). The van der Waals surface area contributed by atoms with Gasteiger partial charge in [-0.25, -0.2) is 15.4 Å². The molecule has 2 aliphatic rings. The molecule has 3 atom stereocenters. The van der Waals surface area contributed by atoms with Crippen LogP contribution in [0.5, 0.6) is 6.01 Å². The van der Waals surface area contributed by atoms with Crippen LogP contribution in [0.2, 0.25) is 5.02 Å². The van der Waals surface area contributed by atoms with E-state index in [1.165, 1.54) is 4.90 Å². The Labute approximate surface area is 258 Å². The highest BCUT2D eigenvalue weighted by Gasteiger charge is 2.35. The fourth-order valence-corrected chi connectivity index (χ4v) is 6.37. The molecule has 1 amide bonds. The van der Waals surface area contributed by atoms with E-state index in [0.29, 0.717) is 35.9 Å². The summed E-state index contributed by atoms with van der Waals surface area (Å²) >= 11 is 6.61. The van der Waals surface area contributed by atoms with Gasteiger partial charge in [0.15, 0.2) is 5.83 Å². The van der Waals surface area contributed by atoms with Gasteiger partial charge >= 0.3 is 6.01 Å². The lowest BCUT2D eigenvalue weighted by Crippen LogP contribution is -2.56. The number of likely N-dealkylation sites (N-methyl/N-ethyl adjacent to an activating group) is 1. The van der Waals surface area contributed by atoms with Crippen molar-refractivity contribution in [1.29, 1.82) is 0 Å². The molecule has 2 aromatic heterocycles. The first-order valence-corrected chi connectivity index (χ1v) is 14.7. The van der Waals surface area contributed by atoms with Crippen molar-refractivity contribution < 1.29 is 18.3 Å². The van der Waals surface area contributed by atoms with E-state index in [2.05, 4.69) is 16.4 Å². The van der Waals surface area contributed by atoms with Gasteiger partial charge in [0.1, 0.15) is 24.6 Å². The highest BCUT2D eigenvalue weighted by Crippen LogP contribution is 2.36. The van der Waals surface area contributed by atoms with E-state index in [0.717, 1.165) is 27.3 Å². The van der Waals surface area contributed by atoms with E-state index in [1.54, 1.807) is 12.4 Å². The van der Waals surface area contributed by atoms with E-state index >= 15 is 0 Å². The second kappa shape index (κ2) is 12.3. The Balaban J connectivity index is 1.41. The van der Waals surface area contributed by atoms with Crippen LogP contribution in [0.1, 0.15) is 6.42 Å². The minimum Gasteiger partial charge on any atom is -0.462 e. The maximum Gasteiger partial charge on any atom is 0.319 e. The average molecular weight is 618 g/mol.